The SMILES string of the molecule is CC(C)CC(NCC(=O)NNC(=O)c1cccs1)C(=O)O. The van der Waals surface area contributed by atoms with E-state index in [-0.39, 0.29) is 12.5 Å². The van der Waals surface area contributed by atoms with Crippen molar-refractivity contribution in [2.75, 3.05) is 6.54 Å². The van der Waals surface area contributed by atoms with Crippen molar-refractivity contribution in [1.82, 2.24) is 16.2 Å². The van der Waals surface area contributed by atoms with Crippen LogP contribution in [0.25, 0.3) is 0 Å². The Morgan fingerprint density at radius 1 is 1.29 bits per heavy atom. The van der Waals surface area contributed by atoms with E-state index in [4.69, 9.17) is 5.11 Å². The number of carboxylic acids is 1. The zero-order valence-electron chi connectivity index (χ0n) is 11.9. The van der Waals surface area contributed by atoms with Crippen molar-refractivity contribution >= 4 is 29.1 Å². The summed E-state index contributed by atoms with van der Waals surface area (Å²) in [5, 5.41) is 13.4. The third kappa shape index (κ3) is 6.37. The van der Waals surface area contributed by atoms with E-state index in [9.17, 15) is 14.4 Å². The van der Waals surface area contributed by atoms with E-state index in [1.54, 1.807) is 17.5 Å². The molecule has 0 aromatic carbocycles. The van der Waals surface area contributed by atoms with Crippen molar-refractivity contribution in [3.8, 4) is 0 Å². The van der Waals surface area contributed by atoms with Crippen molar-refractivity contribution in [3.63, 3.8) is 0 Å². The Morgan fingerprint density at radius 3 is 2.52 bits per heavy atom. The molecule has 7 nitrogen and oxygen atoms in total. The maximum absolute atomic E-state index is 11.6. The molecule has 1 rings (SSSR count). The monoisotopic (exact) mass is 313 g/mol. The molecule has 0 aliphatic heterocycles. The van der Waals surface area contributed by atoms with E-state index in [1.807, 2.05) is 13.8 Å². The van der Waals surface area contributed by atoms with E-state index < -0.39 is 23.8 Å². The lowest BCUT2D eigenvalue weighted by atomic mass is 10.0. The lowest BCUT2D eigenvalue weighted by molar-refractivity contribution is -0.140. The highest BCUT2D eigenvalue weighted by Crippen LogP contribution is 2.07. The lowest BCUT2D eigenvalue weighted by Gasteiger charge is -2.16. The van der Waals surface area contributed by atoms with E-state index in [0.717, 1.165) is 0 Å². The Bertz CT molecular complexity index is 488. The number of rotatable bonds is 7. The molecular weight excluding hydrogens is 294 g/mol. The van der Waals surface area contributed by atoms with Crippen LogP contribution in [0.1, 0.15) is 29.9 Å². The number of aliphatic carboxylic acids is 1. The number of carboxylic acid groups (broad SMARTS) is 1. The van der Waals surface area contributed by atoms with Crippen LogP contribution in [0.15, 0.2) is 17.5 Å². The molecule has 0 radical (unpaired) electrons. The Morgan fingerprint density at radius 2 is 2.00 bits per heavy atom. The molecule has 0 aliphatic rings. The predicted molar refractivity (Wildman–Crippen MR) is 78.8 cm³/mol. The van der Waals surface area contributed by atoms with Crippen LogP contribution >= 0.6 is 11.3 Å². The number of carbonyl (C=O) groups excluding carboxylic acids is 2. The first-order valence-electron chi connectivity index (χ1n) is 6.49. The fraction of sp³-hybridized carbons (Fsp3) is 0.462. The van der Waals surface area contributed by atoms with Gasteiger partial charge in [-0.15, -0.1) is 11.3 Å². The first kappa shape index (κ1) is 17.1. The number of amides is 2. The van der Waals surface area contributed by atoms with Crippen molar-refractivity contribution < 1.29 is 19.5 Å². The first-order valence-corrected chi connectivity index (χ1v) is 7.37. The molecule has 0 saturated heterocycles. The van der Waals surface area contributed by atoms with Gasteiger partial charge in [-0.2, -0.15) is 0 Å². The Kier molecular flexibility index (Phi) is 6.83. The molecule has 21 heavy (non-hydrogen) atoms. The average Bonchev–Trinajstić information content (AvgIpc) is 2.94. The molecule has 0 fully saturated rings. The summed E-state index contributed by atoms with van der Waals surface area (Å²) < 4.78 is 0. The van der Waals surface area contributed by atoms with Crippen molar-refractivity contribution in [3.05, 3.63) is 22.4 Å². The summed E-state index contributed by atoms with van der Waals surface area (Å²) in [6.45, 7) is 3.62. The Hall–Kier alpha value is -1.93. The van der Waals surface area contributed by atoms with Gasteiger partial charge in [-0.25, -0.2) is 0 Å². The summed E-state index contributed by atoms with van der Waals surface area (Å²) >= 11 is 1.25. The molecule has 1 heterocycles. The Balaban J connectivity index is 2.33. The number of carbonyl (C=O) groups is 3. The summed E-state index contributed by atoms with van der Waals surface area (Å²) in [6, 6.07) is 2.57. The molecule has 1 aromatic heterocycles. The summed E-state index contributed by atoms with van der Waals surface area (Å²) in [5.41, 5.74) is 4.49. The van der Waals surface area contributed by atoms with Gasteiger partial charge >= 0.3 is 5.97 Å². The first-order chi connectivity index (χ1) is 9.90. The quantitative estimate of drug-likeness (QED) is 0.551. The van der Waals surface area contributed by atoms with Gasteiger partial charge in [-0.1, -0.05) is 19.9 Å². The van der Waals surface area contributed by atoms with Crippen LogP contribution in [-0.4, -0.2) is 35.5 Å². The third-order valence-corrected chi connectivity index (χ3v) is 3.44. The average molecular weight is 313 g/mol. The molecule has 116 valence electrons. The second-order valence-corrected chi connectivity index (χ2v) is 5.83. The number of hydrogen-bond donors (Lipinski definition) is 4. The van der Waals surface area contributed by atoms with Gasteiger partial charge in [0.15, 0.2) is 0 Å². The standard InChI is InChI=1S/C13H19N3O4S/c1-8(2)6-9(13(19)20)14-7-11(17)15-16-12(18)10-4-3-5-21-10/h3-5,8-9,14H,6-7H2,1-2H3,(H,15,17)(H,16,18)(H,19,20). The molecule has 0 aliphatic carbocycles. The fourth-order valence-electron chi connectivity index (χ4n) is 1.60. The minimum atomic E-state index is -1.00. The van der Waals surface area contributed by atoms with Crippen LogP contribution in [0.5, 0.6) is 0 Å². The minimum absolute atomic E-state index is 0.186. The molecule has 8 heteroatoms. The van der Waals surface area contributed by atoms with Crippen LogP contribution in [0.3, 0.4) is 0 Å². The third-order valence-electron chi connectivity index (χ3n) is 2.57. The molecule has 0 saturated carbocycles. The summed E-state index contributed by atoms with van der Waals surface area (Å²) in [6.07, 6.45) is 0.421. The number of hydrazine groups is 1. The molecule has 1 atom stereocenters. The van der Waals surface area contributed by atoms with Gasteiger partial charge in [0, 0.05) is 0 Å². The fourth-order valence-corrected chi connectivity index (χ4v) is 2.22. The van der Waals surface area contributed by atoms with E-state index in [1.165, 1.54) is 11.3 Å². The van der Waals surface area contributed by atoms with Gasteiger partial charge in [-0.3, -0.25) is 30.6 Å². The van der Waals surface area contributed by atoms with Gasteiger partial charge in [0.2, 0.25) is 0 Å². The van der Waals surface area contributed by atoms with Crippen LogP contribution in [0.4, 0.5) is 0 Å². The van der Waals surface area contributed by atoms with E-state index >= 15 is 0 Å². The molecule has 1 unspecified atom stereocenters. The van der Waals surface area contributed by atoms with Crippen molar-refractivity contribution in [1.29, 1.82) is 0 Å². The van der Waals surface area contributed by atoms with E-state index in [0.29, 0.717) is 11.3 Å². The Labute approximate surface area is 126 Å². The van der Waals surface area contributed by atoms with Gasteiger partial charge in [0.05, 0.1) is 11.4 Å². The van der Waals surface area contributed by atoms with E-state index in [2.05, 4.69) is 16.2 Å². The maximum atomic E-state index is 11.6. The van der Waals surface area contributed by atoms with Crippen molar-refractivity contribution in [2.45, 2.75) is 26.3 Å². The second kappa shape index (κ2) is 8.38. The number of nitrogens with one attached hydrogen (secondary N) is 3. The molecular formula is C13H19N3O4S. The zero-order chi connectivity index (χ0) is 15.8. The van der Waals surface area contributed by atoms with Crippen LogP contribution in [-0.2, 0) is 9.59 Å². The summed E-state index contributed by atoms with van der Waals surface area (Å²) in [7, 11) is 0. The largest absolute Gasteiger partial charge is 0.480 e. The highest BCUT2D eigenvalue weighted by Gasteiger charge is 2.19. The predicted octanol–water partition coefficient (Wildman–Crippen LogP) is 0.598. The number of hydrogen-bond acceptors (Lipinski definition) is 5. The van der Waals surface area contributed by atoms with Crippen molar-refractivity contribution in [2.24, 2.45) is 5.92 Å². The molecule has 1 aromatic rings. The minimum Gasteiger partial charge on any atom is -0.480 e. The second-order valence-electron chi connectivity index (χ2n) is 4.88. The highest BCUT2D eigenvalue weighted by atomic mass is 32.1. The zero-order valence-corrected chi connectivity index (χ0v) is 12.7. The normalized spacial score (nSPS) is 12.0. The summed E-state index contributed by atoms with van der Waals surface area (Å²) in [5.74, 6) is -1.72. The number of thiophene rings is 1. The molecule has 0 bridgehead atoms. The van der Waals surface area contributed by atoms with Crippen LogP contribution in [0, 0.1) is 5.92 Å². The molecule has 4 N–H and O–H groups in total. The topological polar surface area (TPSA) is 108 Å². The maximum Gasteiger partial charge on any atom is 0.320 e. The lowest BCUT2D eigenvalue weighted by Crippen LogP contribution is -2.48. The van der Waals surface area contributed by atoms with Crippen LogP contribution < -0.4 is 16.2 Å². The molecule has 0 spiro atoms. The highest BCUT2D eigenvalue weighted by molar-refractivity contribution is 7.12. The van der Waals surface area contributed by atoms with Gasteiger partial charge < -0.3 is 5.11 Å². The molecule has 2 amide bonds. The summed E-state index contributed by atoms with van der Waals surface area (Å²) in [4.78, 5) is 34.6. The smallest absolute Gasteiger partial charge is 0.320 e. The van der Waals surface area contributed by atoms with Gasteiger partial charge in [0.1, 0.15) is 6.04 Å². The van der Waals surface area contributed by atoms with Crippen LogP contribution in [0.2, 0.25) is 0 Å². The van der Waals surface area contributed by atoms with Gasteiger partial charge in [-0.05, 0) is 23.8 Å². The van der Waals surface area contributed by atoms with Gasteiger partial charge in [0.25, 0.3) is 11.8 Å².